The zero-order valence-corrected chi connectivity index (χ0v) is 10.8. The molecule has 94 valence electrons. The van der Waals surface area contributed by atoms with Crippen LogP contribution < -0.4 is 10.1 Å². The van der Waals surface area contributed by atoms with Gasteiger partial charge in [0.1, 0.15) is 5.75 Å². The maximum atomic E-state index is 5.75. The molecule has 0 bridgehead atoms. The van der Waals surface area contributed by atoms with E-state index in [0.29, 0.717) is 5.15 Å². The Morgan fingerprint density at radius 1 is 1.33 bits per heavy atom. The molecule has 2 aromatic rings. The first-order valence-electron chi connectivity index (χ1n) is 5.63. The Morgan fingerprint density at radius 3 is 3.00 bits per heavy atom. The monoisotopic (exact) mass is 263 g/mol. The second-order valence-corrected chi connectivity index (χ2v) is 4.18. The fraction of sp³-hybridized carbons (Fsp3) is 0.231. The molecule has 1 heterocycles. The Balaban J connectivity index is 1.88. The summed E-state index contributed by atoms with van der Waals surface area (Å²) in [5.41, 5.74) is 2.09. The zero-order chi connectivity index (χ0) is 12.8. The van der Waals surface area contributed by atoms with Crippen molar-refractivity contribution in [2.75, 3.05) is 19.0 Å². The van der Waals surface area contributed by atoms with Gasteiger partial charge in [-0.3, -0.25) is 0 Å². The number of methoxy groups -OCH3 is 1. The lowest BCUT2D eigenvalue weighted by Crippen LogP contribution is -2.05. The summed E-state index contributed by atoms with van der Waals surface area (Å²) in [4.78, 5) is 0. The van der Waals surface area contributed by atoms with Gasteiger partial charge < -0.3 is 10.1 Å². The smallest absolute Gasteiger partial charge is 0.153 e. The predicted molar refractivity (Wildman–Crippen MR) is 72.2 cm³/mol. The van der Waals surface area contributed by atoms with Crippen molar-refractivity contribution in [2.24, 2.45) is 0 Å². The van der Waals surface area contributed by atoms with Gasteiger partial charge in [-0.25, -0.2) is 0 Å². The van der Waals surface area contributed by atoms with Crippen molar-refractivity contribution in [1.29, 1.82) is 0 Å². The van der Waals surface area contributed by atoms with Gasteiger partial charge in [-0.05, 0) is 24.1 Å². The van der Waals surface area contributed by atoms with Gasteiger partial charge in [-0.1, -0.05) is 23.7 Å². The molecule has 0 radical (unpaired) electrons. The third-order valence-electron chi connectivity index (χ3n) is 2.50. The number of hydrogen-bond donors (Lipinski definition) is 1. The molecule has 2 rings (SSSR count). The lowest BCUT2D eigenvalue weighted by molar-refractivity contribution is 0.414. The molecule has 0 saturated heterocycles. The van der Waals surface area contributed by atoms with Crippen LogP contribution in [0.25, 0.3) is 0 Å². The minimum absolute atomic E-state index is 0.390. The second kappa shape index (κ2) is 6.21. The van der Waals surface area contributed by atoms with Crippen LogP contribution in [0.3, 0.4) is 0 Å². The van der Waals surface area contributed by atoms with Crippen molar-refractivity contribution in [3.63, 3.8) is 0 Å². The maximum absolute atomic E-state index is 5.75. The van der Waals surface area contributed by atoms with Gasteiger partial charge in [0.25, 0.3) is 0 Å². The lowest BCUT2D eigenvalue weighted by atomic mass is 10.1. The number of hydrogen-bond acceptors (Lipinski definition) is 4. The molecule has 0 saturated carbocycles. The van der Waals surface area contributed by atoms with Crippen LogP contribution in [0.15, 0.2) is 36.5 Å². The van der Waals surface area contributed by atoms with E-state index in [-0.39, 0.29) is 0 Å². The van der Waals surface area contributed by atoms with Crippen molar-refractivity contribution in [2.45, 2.75) is 6.42 Å². The van der Waals surface area contributed by atoms with Crippen molar-refractivity contribution < 1.29 is 4.74 Å². The van der Waals surface area contributed by atoms with Crippen LogP contribution in [0.4, 0.5) is 5.69 Å². The largest absolute Gasteiger partial charge is 0.497 e. The van der Waals surface area contributed by atoms with Crippen molar-refractivity contribution in [1.82, 2.24) is 10.2 Å². The normalized spacial score (nSPS) is 10.1. The van der Waals surface area contributed by atoms with Gasteiger partial charge in [0, 0.05) is 12.6 Å². The summed E-state index contributed by atoms with van der Waals surface area (Å²) in [6, 6.07) is 9.77. The Morgan fingerprint density at radius 2 is 2.22 bits per heavy atom. The summed E-state index contributed by atoms with van der Waals surface area (Å²) in [6.45, 7) is 0.801. The molecule has 0 spiro atoms. The first-order valence-corrected chi connectivity index (χ1v) is 6.01. The summed E-state index contributed by atoms with van der Waals surface area (Å²) in [7, 11) is 1.67. The Kier molecular flexibility index (Phi) is 4.36. The van der Waals surface area contributed by atoms with Gasteiger partial charge in [0.05, 0.1) is 19.0 Å². The first-order chi connectivity index (χ1) is 8.78. The summed E-state index contributed by atoms with van der Waals surface area (Å²) in [6.07, 6.45) is 2.55. The van der Waals surface area contributed by atoms with Gasteiger partial charge in [0.2, 0.25) is 0 Å². The topological polar surface area (TPSA) is 47.0 Å². The van der Waals surface area contributed by atoms with E-state index in [2.05, 4.69) is 21.6 Å². The van der Waals surface area contributed by atoms with Crippen LogP contribution in [0.1, 0.15) is 5.56 Å². The van der Waals surface area contributed by atoms with Crippen LogP contribution in [0, 0.1) is 0 Å². The van der Waals surface area contributed by atoms with E-state index in [1.807, 2.05) is 18.2 Å². The summed E-state index contributed by atoms with van der Waals surface area (Å²) in [5, 5.41) is 11.1. The van der Waals surface area contributed by atoms with Crippen LogP contribution in [-0.4, -0.2) is 23.9 Å². The molecule has 0 aliphatic heterocycles. The zero-order valence-electron chi connectivity index (χ0n) is 10.1. The molecule has 1 aromatic carbocycles. The number of anilines is 1. The third kappa shape index (κ3) is 3.60. The average molecular weight is 264 g/mol. The van der Waals surface area contributed by atoms with Gasteiger partial charge in [-0.15, -0.1) is 5.10 Å². The highest BCUT2D eigenvalue weighted by molar-refractivity contribution is 6.29. The Bertz CT molecular complexity index is 519. The average Bonchev–Trinajstić information content (AvgIpc) is 2.39. The number of rotatable bonds is 5. The molecular weight excluding hydrogens is 250 g/mol. The van der Waals surface area contributed by atoms with Gasteiger partial charge in [-0.2, -0.15) is 5.10 Å². The Labute approximate surface area is 111 Å². The third-order valence-corrected chi connectivity index (χ3v) is 2.69. The molecule has 1 aromatic heterocycles. The van der Waals surface area contributed by atoms with Crippen molar-refractivity contribution in [3.05, 3.63) is 47.2 Å². The fourth-order valence-electron chi connectivity index (χ4n) is 1.62. The minimum Gasteiger partial charge on any atom is -0.497 e. The van der Waals surface area contributed by atoms with E-state index in [9.17, 15) is 0 Å². The standard InChI is InChI=1S/C13H14ClN3O/c1-18-12-4-2-3-10(7-12)5-6-15-11-8-13(14)17-16-9-11/h2-4,7-9H,5-6H2,1H3,(H,15,17). The maximum Gasteiger partial charge on any atom is 0.153 e. The van der Waals surface area contributed by atoms with E-state index < -0.39 is 0 Å². The van der Waals surface area contributed by atoms with E-state index in [0.717, 1.165) is 24.4 Å². The first kappa shape index (κ1) is 12.6. The minimum atomic E-state index is 0.390. The molecule has 0 aliphatic carbocycles. The van der Waals surface area contributed by atoms with E-state index in [1.54, 1.807) is 19.4 Å². The number of aromatic nitrogens is 2. The Hall–Kier alpha value is -1.81. The van der Waals surface area contributed by atoms with Gasteiger partial charge in [0.15, 0.2) is 5.15 Å². The van der Waals surface area contributed by atoms with E-state index in [1.165, 1.54) is 5.56 Å². The lowest BCUT2D eigenvalue weighted by Gasteiger charge is -2.07. The number of benzene rings is 1. The molecule has 18 heavy (non-hydrogen) atoms. The quantitative estimate of drug-likeness (QED) is 0.901. The molecule has 4 nitrogen and oxygen atoms in total. The highest BCUT2D eigenvalue weighted by Gasteiger charge is 1.98. The number of nitrogens with zero attached hydrogens (tertiary/aromatic N) is 2. The number of ether oxygens (including phenoxy) is 1. The van der Waals surface area contributed by atoms with E-state index in [4.69, 9.17) is 16.3 Å². The van der Waals surface area contributed by atoms with Gasteiger partial charge >= 0.3 is 0 Å². The summed E-state index contributed by atoms with van der Waals surface area (Å²) in [5.74, 6) is 0.876. The molecule has 0 unspecified atom stereocenters. The van der Waals surface area contributed by atoms with Crippen LogP contribution in [-0.2, 0) is 6.42 Å². The molecule has 0 fully saturated rings. The molecule has 1 N–H and O–H groups in total. The molecular formula is C13H14ClN3O. The SMILES string of the molecule is COc1cccc(CCNc2cnnc(Cl)c2)c1. The highest BCUT2D eigenvalue weighted by atomic mass is 35.5. The van der Waals surface area contributed by atoms with Crippen LogP contribution >= 0.6 is 11.6 Å². The van der Waals surface area contributed by atoms with E-state index >= 15 is 0 Å². The van der Waals surface area contributed by atoms with Crippen LogP contribution in [0.5, 0.6) is 5.75 Å². The van der Waals surface area contributed by atoms with Crippen LogP contribution in [0.2, 0.25) is 5.15 Å². The molecule has 0 aliphatic rings. The number of nitrogens with one attached hydrogen (secondary N) is 1. The number of halogens is 1. The second-order valence-electron chi connectivity index (χ2n) is 3.80. The highest BCUT2D eigenvalue weighted by Crippen LogP contribution is 2.14. The molecule has 0 amide bonds. The summed E-state index contributed by atoms with van der Waals surface area (Å²) >= 11 is 5.75. The van der Waals surface area contributed by atoms with Crippen molar-refractivity contribution in [3.8, 4) is 5.75 Å². The molecule has 5 heteroatoms. The fourth-order valence-corrected chi connectivity index (χ4v) is 1.78. The summed E-state index contributed by atoms with van der Waals surface area (Å²) < 4.78 is 5.18. The van der Waals surface area contributed by atoms with Crippen molar-refractivity contribution >= 4 is 17.3 Å². The predicted octanol–water partition coefficient (Wildman–Crippen LogP) is 2.79. The molecule has 0 atom stereocenters.